The van der Waals surface area contributed by atoms with E-state index in [1.54, 1.807) is 12.1 Å². The van der Waals surface area contributed by atoms with Crippen LogP contribution in [0.1, 0.15) is 10.4 Å². The number of thiophene rings is 1. The van der Waals surface area contributed by atoms with Crippen LogP contribution in [-0.4, -0.2) is 15.6 Å². The van der Waals surface area contributed by atoms with E-state index in [0.29, 0.717) is 10.2 Å². The normalized spacial score (nSPS) is 10.9. The molecule has 0 radical (unpaired) electrons. The molecule has 4 rings (SSSR count). The standard InChI is InChI=1S/C21H16FN3O2S/c1-13-18(14-7-3-2-4-8-14)19-20(28-13)23-12-25(21(19)27)24-17(26)11-15-9-5-6-10-16(15)22/h2-10,12H,11H2,1H3,(H,24,26). The smallest absolute Gasteiger partial charge is 0.273 e. The monoisotopic (exact) mass is 393 g/mol. The molecule has 5 nitrogen and oxygen atoms in total. The second-order valence-corrected chi connectivity index (χ2v) is 7.51. The Balaban J connectivity index is 1.71. The lowest BCUT2D eigenvalue weighted by molar-refractivity contribution is -0.116. The number of amides is 1. The van der Waals surface area contributed by atoms with E-state index in [9.17, 15) is 14.0 Å². The van der Waals surface area contributed by atoms with Crippen molar-refractivity contribution in [3.8, 4) is 11.1 Å². The lowest BCUT2D eigenvalue weighted by Crippen LogP contribution is -2.34. The molecule has 2 aromatic carbocycles. The third kappa shape index (κ3) is 3.32. The number of fused-ring (bicyclic) bond motifs is 1. The minimum atomic E-state index is -0.499. The van der Waals surface area contributed by atoms with E-state index < -0.39 is 11.7 Å². The molecular formula is C21H16FN3O2S. The van der Waals surface area contributed by atoms with Gasteiger partial charge in [-0.25, -0.2) is 14.1 Å². The molecule has 2 heterocycles. The number of hydrogen-bond donors (Lipinski definition) is 1. The van der Waals surface area contributed by atoms with Crippen molar-refractivity contribution in [2.75, 3.05) is 5.43 Å². The number of rotatable bonds is 4. The van der Waals surface area contributed by atoms with E-state index in [2.05, 4.69) is 10.4 Å². The SMILES string of the molecule is Cc1sc2ncn(NC(=O)Cc3ccccc3F)c(=O)c2c1-c1ccccc1. The van der Waals surface area contributed by atoms with Crippen molar-refractivity contribution in [2.45, 2.75) is 13.3 Å². The molecule has 0 saturated heterocycles. The van der Waals surface area contributed by atoms with E-state index in [-0.39, 0.29) is 17.5 Å². The molecular weight excluding hydrogens is 377 g/mol. The van der Waals surface area contributed by atoms with Crippen LogP contribution in [0.3, 0.4) is 0 Å². The van der Waals surface area contributed by atoms with Gasteiger partial charge in [0, 0.05) is 10.4 Å². The molecule has 0 unspecified atom stereocenters. The molecule has 0 atom stereocenters. The van der Waals surface area contributed by atoms with Gasteiger partial charge in [-0.15, -0.1) is 11.3 Å². The minimum absolute atomic E-state index is 0.175. The average Bonchev–Trinajstić information content (AvgIpc) is 3.03. The Morgan fingerprint density at radius 3 is 2.61 bits per heavy atom. The van der Waals surface area contributed by atoms with E-state index in [1.807, 2.05) is 37.3 Å². The van der Waals surface area contributed by atoms with Gasteiger partial charge in [-0.2, -0.15) is 0 Å². The summed E-state index contributed by atoms with van der Waals surface area (Å²) in [6, 6.07) is 15.6. The number of aryl methyl sites for hydroxylation is 1. The fourth-order valence-electron chi connectivity index (χ4n) is 3.12. The predicted octanol–water partition coefficient (Wildman–Crippen LogP) is 3.89. The van der Waals surface area contributed by atoms with Crippen molar-refractivity contribution in [1.29, 1.82) is 0 Å². The third-order valence-electron chi connectivity index (χ3n) is 4.41. The summed E-state index contributed by atoms with van der Waals surface area (Å²) >= 11 is 1.43. The molecule has 28 heavy (non-hydrogen) atoms. The summed E-state index contributed by atoms with van der Waals surface area (Å²) in [5.74, 6) is -0.958. The summed E-state index contributed by atoms with van der Waals surface area (Å²) in [6.07, 6.45) is 1.11. The van der Waals surface area contributed by atoms with Crippen LogP contribution in [0.25, 0.3) is 21.3 Å². The van der Waals surface area contributed by atoms with Gasteiger partial charge in [0.15, 0.2) is 0 Å². The zero-order chi connectivity index (χ0) is 19.7. The third-order valence-corrected chi connectivity index (χ3v) is 5.42. The largest absolute Gasteiger partial charge is 0.281 e. The van der Waals surface area contributed by atoms with Gasteiger partial charge in [0.2, 0.25) is 5.91 Å². The first kappa shape index (κ1) is 18.1. The Morgan fingerprint density at radius 2 is 1.86 bits per heavy atom. The quantitative estimate of drug-likeness (QED) is 0.572. The Bertz CT molecular complexity index is 1230. The van der Waals surface area contributed by atoms with Crippen molar-refractivity contribution < 1.29 is 9.18 Å². The van der Waals surface area contributed by atoms with Crippen molar-refractivity contribution in [2.24, 2.45) is 0 Å². The van der Waals surface area contributed by atoms with Gasteiger partial charge >= 0.3 is 0 Å². The number of nitrogens with zero attached hydrogens (tertiary/aromatic N) is 2. The van der Waals surface area contributed by atoms with E-state index in [1.165, 1.54) is 29.8 Å². The fraction of sp³-hybridized carbons (Fsp3) is 0.0952. The number of nitrogens with one attached hydrogen (secondary N) is 1. The van der Waals surface area contributed by atoms with Crippen LogP contribution in [0.15, 0.2) is 65.7 Å². The van der Waals surface area contributed by atoms with Gasteiger partial charge in [-0.1, -0.05) is 48.5 Å². The molecule has 140 valence electrons. The van der Waals surface area contributed by atoms with E-state index >= 15 is 0 Å². The van der Waals surface area contributed by atoms with Crippen molar-refractivity contribution >= 4 is 27.5 Å². The van der Waals surface area contributed by atoms with Crippen LogP contribution in [0.4, 0.5) is 4.39 Å². The zero-order valence-electron chi connectivity index (χ0n) is 15.0. The molecule has 1 N–H and O–H groups in total. The Hall–Kier alpha value is -3.32. The molecule has 0 fully saturated rings. The van der Waals surface area contributed by atoms with Gasteiger partial charge in [-0.05, 0) is 24.1 Å². The molecule has 0 aliphatic heterocycles. The minimum Gasteiger partial charge on any atom is -0.273 e. The van der Waals surface area contributed by atoms with E-state index in [0.717, 1.165) is 20.7 Å². The summed E-state index contributed by atoms with van der Waals surface area (Å²) in [5.41, 5.74) is 4.14. The van der Waals surface area contributed by atoms with Crippen LogP contribution in [0, 0.1) is 12.7 Å². The lowest BCUT2D eigenvalue weighted by Gasteiger charge is -2.09. The maximum Gasteiger partial charge on any atom is 0.281 e. The molecule has 1 amide bonds. The fourth-order valence-corrected chi connectivity index (χ4v) is 4.13. The first-order valence-corrected chi connectivity index (χ1v) is 9.45. The van der Waals surface area contributed by atoms with Crippen LogP contribution >= 0.6 is 11.3 Å². The lowest BCUT2D eigenvalue weighted by atomic mass is 10.0. The molecule has 2 aromatic heterocycles. The maximum absolute atomic E-state index is 13.8. The Labute approximate surface area is 164 Å². The van der Waals surface area contributed by atoms with Crippen molar-refractivity contribution in [1.82, 2.24) is 9.66 Å². The summed E-state index contributed by atoms with van der Waals surface area (Å²) in [7, 11) is 0. The maximum atomic E-state index is 13.8. The van der Waals surface area contributed by atoms with Crippen LogP contribution in [0.2, 0.25) is 0 Å². The molecule has 0 spiro atoms. The molecule has 0 saturated carbocycles. The van der Waals surface area contributed by atoms with Gasteiger partial charge in [-0.3, -0.25) is 15.0 Å². The number of aromatic nitrogens is 2. The molecule has 4 aromatic rings. The van der Waals surface area contributed by atoms with Crippen molar-refractivity contribution in [3.05, 3.63) is 87.5 Å². The molecule has 7 heteroatoms. The highest BCUT2D eigenvalue weighted by Crippen LogP contribution is 2.35. The van der Waals surface area contributed by atoms with Gasteiger partial charge in [0.25, 0.3) is 5.56 Å². The average molecular weight is 393 g/mol. The summed E-state index contributed by atoms with van der Waals surface area (Å²) < 4.78 is 14.8. The highest BCUT2D eigenvalue weighted by Gasteiger charge is 2.17. The van der Waals surface area contributed by atoms with Gasteiger partial charge in [0.05, 0.1) is 11.8 Å². The predicted molar refractivity (Wildman–Crippen MR) is 109 cm³/mol. The second kappa shape index (κ2) is 7.36. The van der Waals surface area contributed by atoms with Crippen LogP contribution in [-0.2, 0) is 11.2 Å². The highest BCUT2D eigenvalue weighted by molar-refractivity contribution is 7.19. The number of carbonyl (C=O) groups excluding carboxylic acids is 1. The van der Waals surface area contributed by atoms with Gasteiger partial charge in [0.1, 0.15) is 17.0 Å². The number of halogens is 1. The first-order chi connectivity index (χ1) is 13.5. The molecule has 0 bridgehead atoms. The van der Waals surface area contributed by atoms with Crippen molar-refractivity contribution in [3.63, 3.8) is 0 Å². The summed E-state index contributed by atoms with van der Waals surface area (Å²) in [5, 5.41) is 0.461. The van der Waals surface area contributed by atoms with E-state index in [4.69, 9.17) is 0 Å². The summed E-state index contributed by atoms with van der Waals surface area (Å²) in [6.45, 7) is 1.94. The topological polar surface area (TPSA) is 64.0 Å². The Kier molecular flexibility index (Phi) is 4.75. The van der Waals surface area contributed by atoms with Crippen LogP contribution < -0.4 is 11.0 Å². The van der Waals surface area contributed by atoms with Gasteiger partial charge < -0.3 is 0 Å². The zero-order valence-corrected chi connectivity index (χ0v) is 15.8. The Morgan fingerprint density at radius 1 is 1.14 bits per heavy atom. The summed E-state index contributed by atoms with van der Waals surface area (Å²) in [4.78, 5) is 31.3. The van der Waals surface area contributed by atoms with Crippen LogP contribution in [0.5, 0.6) is 0 Å². The molecule has 0 aliphatic carbocycles. The number of hydrogen-bond acceptors (Lipinski definition) is 4. The highest BCUT2D eigenvalue weighted by atomic mass is 32.1. The number of benzene rings is 2. The molecule has 0 aliphatic rings. The second-order valence-electron chi connectivity index (χ2n) is 6.30. The number of carbonyl (C=O) groups is 1. The first-order valence-electron chi connectivity index (χ1n) is 8.64.